The number of rotatable bonds is 2. The van der Waals surface area contributed by atoms with E-state index in [2.05, 4.69) is 0 Å². The predicted molar refractivity (Wildman–Crippen MR) is 40.9 cm³/mol. The van der Waals surface area contributed by atoms with Crippen molar-refractivity contribution in [3.05, 3.63) is 39.7 Å². The lowest BCUT2D eigenvalue weighted by Gasteiger charge is -1.98. The topological polar surface area (TPSA) is 69.2 Å². The van der Waals surface area contributed by atoms with Crippen LogP contribution in [0.1, 0.15) is 5.56 Å². The molecular formula is C7H7FN2O2. The molecule has 0 fully saturated rings. The van der Waals surface area contributed by atoms with Gasteiger partial charge in [-0.3, -0.25) is 10.1 Å². The van der Waals surface area contributed by atoms with Crippen molar-refractivity contribution < 1.29 is 9.31 Å². The minimum Gasteiger partial charge on any atom is -0.326 e. The van der Waals surface area contributed by atoms with Gasteiger partial charge in [0.05, 0.1) is 4.92 Å². The highest BCUT2D eigenvalue weighted by molar-refractivity contribution is 5.36. The van der Waals surface area contributed by atoms with Gasteiger partial charge in [-0.15, -0.1) is 0 Å². The fraction of sp³-hybridized carbons (Fsp3) is 0.143. The Balaban J connectivity index is 3.23. The summed E-state index contributed by atoms with van der Waals surface area (Å²) in [6.45, 7) is -0.0342. The van der Waals surface area contributed by atoms with Gasteiger partial charge in [0.25, 0.3) is 0 Å². The van der Waals surface area contributed by atoms with Crippen LogP contribution in [0.2, 0.25) is 0 Å². The molecule has 0 radical (unpaired) electrons. The molecule has 1 aromatic rings. The highest BCUT2D eigenvalue weighted by atomic mass is 19.1. The van der Waals surface area contributed by atoms with E-state index in [0.717, 1.165) is 6.07 Å². The largest absolute Gasteiger partial charge is 0.326 e. The molecular weight excluding hydrogens is 163 g/mol. The van der Waals surface area contributed by atoms with Gasteiger partial charge in [-0.05, 0) is 0 Å². The molecule has 0 aromatic heterocycles. The lowest BCUT2D eigenvalue weighted by molar-refractivity contribution is -0.387. The van der Waals surface area contributed by atoms with Crippen LogP contribution < -0.4 is 5.73 Å². The smallest absolute Gasteiger partial charge is 0.305 e. The monoisotopic (exact) mass is 170 g/mol. The van der Waals surface area contributed by atoms with Gasteiger partial charge in [-0.25, -0.2) is 0 Å². The van der Waals surface area contributed by atoms with Crippen LogP contribution in [0.15, 0.2) is 18.2 Å². The molecule has 2 N–H and O–H groups in total. The number of nitro benzene ring substituents is 1. The summed E-state index contributed by atoms with van der Waals surface area (Å²) in [4.78, 5) is 9.45. The summed E-state index contributed by atoms with van der Waals surface area (Å²) < 4.78 is 13.0. The normalized spacial score (nSPS) is 9.83. The molecule has 0 aliphatic heterocycles. The summed E-state index contributed by atoms with van der Waals surface area (Å²) in [6.07, 6.45) is 0. The van der Waals surface area contributed by atoms with Crippen LogP contribution >= 0.6 is 0 Å². The van der Waals surface area contributed by atoms with E-state index in [1.807, 2.05) is 0 Å². The van der Waals surface area contributed by atoms with Crippen LogP contribution in [0.25, 0.3) is 0 Å². The van der Waals surface area contributed by atoms with Crippen molar-refractivity contribution in [2.75, 3.05) is 0 Å². The third-order valence-corrected chi connectivity index (χ3v) is 1.47. The summed E-state index contributed by atoms with van der Waals surface area (Å²) >= 11 is 0. The number of nitro groups is 1. The van der Waals surface area contributed by atoms with Crippen molar-refractivity contribution in [2.45, 2.75) is 6.54 Å². The van der Waals surface area contributed by atoms with Crippen molar-refractivity contribution in [1.82, 2.24) is 0 Å². The Labute approximate surface area is 68.0 Å². The number of hydrogen-bond donors (Lipinski definition) is 1. The van der Waals surface area contributed by atoms with Gasteiger partial charge in [0.2, 0.25) is 5.82 Å². The van der Waals surface area contributed by atoms with E-state index < -0.39 is 16.4 Å². The Morgan fingerprint density at radius 3 is 2.75 bits per heavy atom. The molecule has 0 spiro atoms. The van der Waals surface area contributed by atoms with E-state index in [1.165, 1.54) is 12.1 Å². The molecule has 1 aromatic carbocycles. The average molecular weight is 170 g/mol. The number of nitrogens with zero attached hydrogens (tertiary/aromatic N) is 1. The summed E-state index contributed by atoms with van der Waals surface area (Å²) in [7, 11) is 0. The Morgan fingerprint density at radius 2 is 2.25 bits per heavy atom. The fourth-order valence-corrected chi connectivity index (χ4v) is 0.865. The van der Waals surface area contributed by atoms with E-state index in [1.54, 1.807) is 0 Å². The van der Waals surface area contributed by atoms with Crippen LogP contribution in [0.5, 0.6) is 0 Å². The van der Waals surface area contributed by atoms with E-state index in [9.17, 15) is 14.5 Å². The van der Waals surface area contributed by atoms with E-state index in [-0.39, 0.29) is 12.1 Å². The van der Waals surface area contributed by atoms with E-state index in [4.69, 9.17) is 5.73 Å². The molecule has 64 valence electrons. The predicted octanol–water partition coefficient (Wildman–Crippen LogP) is 1.19. The van der Waals surface area contributed by atoms with Gasteiger partial charge in [0.15, 0.2) is 0 Å². The minimum absolute atomic E-state index is 0.0342. The molecule has 0 saturated heterocycles. The lowest BCUT2D eigenvalue weighted by Crippen LogP contribution is -2.02. The fourth-order valence-electron chi connectivity index (χ4n) is 0.865. The van der Waals surface area contributed by atoms with E-state index >= 15 is 0 Å². The number of benzene rings is 1. The first kappa shape index (κ1) is 8.61. The Morgan fingerprint density at radius 1 is 1.58 bits per heavy atom. The molecule has 0 aliphatic rings. The molecule has 0 aliphatic carbocycles. The van der Waals surface area contributed by atoms with Crippen molar-refractivity contribution in [3.63, 3.8) is 0 Å². The van der Waals surface area contributed by atoms with Crippen LogP contribution in [-0.2, 0) is 6.54 Å². The maximum atomic E-state index is 13.0. The first-order valence-corrected chi connectivity index (χ1v) is 3.28. The van der Waals surface area contributed by atoms with Crippen LogP contribution in [0.3, 0.4) is 0 Å². The van der Waals surface area contributed by atoms with Crippen LogP contribution in [0.4, 0.5) is 10.1 Å². The Bertz CT molecular complexity index is 314. The van der Waals surface area contributed by atoms with E-state index in [0.29, 0.717) is 0 Å². The molecule has 0 atom stereocenters. The molecule has 0 saturated carbocycles. The summed E-state index contributed by atoms with van der Waals surface area (Å²) in [5, 5.41) is 10.2. The molecule has 1 rings (SSSR count). The van der Waals surface area contributed by atoms with Gasteiger partial charge in [-0.1, -0.05) is 12.1 Å². The SMILES string of the molecule is NCc1cccc([N+](=O)[O-])c1F. The molecule has 0 unspecified atom stereocenters. The molecule has 0 bridgehead atoms. The lowest BCUT2D eigenvalue weighted by atomic mass is 10.2. The second kappa shape index (κ2) is 3.27. The van der Waals surface area contributed by atoms with Gasteiger partial charge >= 0.3 is 5.69 Å². The van der Waals surface area contributed by atoms with Gasteiger partial charge in [0, 0.05) is 18.2 Å². The van der Waals surface area contributed by atoms with Crippen LogP contribution in [0, 0.1) is 15.9 Å². The van der Waals surface area contributed by atoms with Gasteiger partial charge < -0.3 is 5.73 Å². The molecule has 5 heteroatoms. The zero-order valence-electron chi connectivity index (χ0n) is 6.16. The number of nitrogens with two attached hydrogens (primary N) is 1. The highest BCUT2D eigenvalue weighted by Crippen LogP contribution is 2.19. The molecule has 4 nitrogen and oxygen atoms in total. The quantitative estimate of drug-likeness (QED) is 0.535. The second-order valence-corrected chi connectivity index (χ2v) is 2.21. The zero-order valence-corrected chi connectivity index (χ0v) is 6.16. The van der Waals surface area contributed by atoms with Crippen LogP contribution in [-0.4, -0.2) is 4.92 Å². The first-order valence-electron chi connectivity index (χ1n) is 3.28. The molecule has 0 amide bonds. The first-order chi connectivity index (χ1) is 5.66. The zero-order chi connectivity index (χ0) is 9.14. The maximum absolute atomic E-state index is 13.0. The standard InChI is InChI=1S/C7H7FN2O2/c8-7-5(4-9)2-1-3-6(7)10(11)12/h1-3H,4,9H2. The Hall–Kier alpha value is -1.49. The van der Waals surface area contributed by atoms with Crippen molar-refractivity contribution in [1.29, 1.82) is 0 Å². The second-order valence-electron chi connectivity index (χ2n) is 2.21. The maximum Gasteiger partial charge on any atom is 0.305 e. The van der Waals surface area contributed by atoms with Crippen molar-refractivity contribution >= 4 is 5.69 Å². The number of hydrogen-bond acceptors (Lipinski definition) is 3. The summed E-state index contributed by atoms with van der Waals surface area (Å²) in [5.74, 6) is -0.843. The minimum atomic E-state index is -0.843. The Kier molecular flexibility index (Phi) is 2.35. The van der Waals surface area contributed by atoms with Crippen molar-refractivity contribution in [2.24, 2.45) is 5.73 Å². The van der Waals surface area contributed by atoms with Crippen molar-refractivity contribution in [3.8, 4) is 0 Å². The summed E-state index contributed by atoms with van der Waals surface area (Å²) in [5.41, 5.74) is 4.78. The summed E-state index contributed by atoms with van der Waals surface area (Å²) in [6, 6.07) is 3.93. The third kappa shape index (κ3) is 1.40. The third-order valence-electron chi connectivity index (χ3n) is 1.47. The average Bonchev–Trinajstić information content (AvgIpc) is 2.04. The number of halogens is 1. The highest BCUT2D eigenvalue weighted by Gasteiger charge is 2.15. The van der Waals surface area contributed by atoms with Gasteiger partial charge in [-0.2, -0.15) is 4.39 Å². The molecule has 0 heterocycles. The molecule has 12 heavy (non-hydrogen) atoms. The van der Waals surface area contributed by atoms with Gasteiger partial charge in [0.1, 0.15) is 0 Å².